The number of anilines is 1. The highest BCUT2D eigenvalue weighted by atomic mass is 35.5. The van der Waals surface area contributed by atoms with Gasteiger partial charge in [-0.1, -0.05) is 23.7 Å². The van der Waals surface area contributed by atoms with Crippen LogP contribution in [0.15, 0.2) is 116 Å². The number of aliphatic hydroxyl groups is 2. The van der Waals surface area contributed by atoms with Gasteiger partial charge in [0.05, 0.1) is 34.6 Å². The molecule has 0 bridgehead atoms. The average molecular weight is 855 g/mol. The normalized spacial score (nSPS) is 11.6. The molecule has 318 valence electrons. The molecule has 0 radical (unpaired) electrons. The lowest BCUT2D eigenvalue weighted by atomic mass is 10.1. The molecule has 61 heavy (non-hydrogen) atoms. The largest absolute Gasteiger partial charge is 0.491 e. The zero-order chi connectivity index (χ0) is 43.6. The Balaban J connectivity index is 0.000000182. The van der Waals surface area contributed by atoms with Crippen LogP contribution in [0.2, 0.25) is 5.02 Å². The van der Waals surface area contributed by atoms with Crippen molar-refractivity contribution in [1.82, 2.24) is 30.2 Å². The molecule has 1 amide bonds. The van der Waals surface area contributed by atoms with Gasteiger partial charge >= 0.3 is 0 Å². The first-order valence-electron chi connectivity index (χ1n) is 18.9. The molecule has 6 N–H and O–H groups in total. The predicted molar refractivity (Wildman–Crippen MR) is 232 cm³/mol. The van der Waals surface area contributed by atoms with Crippen LogP contribution >= 0.6 is 11.6 Å². The second-order valence-corrected chi connectivity index (χ2v) is 13.5. The van der Waals surface area contributed by atoms with E-state index >= 15 is 0 Å². The van der Waals surface area contributed by atoms with Gasteiger partial charge in [0, 0.05) is 66.7 Å². The van der Waals surface area contributed by atoms with Crippen molar-refractivity contribution in [1.29, 1.82) is 0 Å². The highest BCUT2D eigenvalue weighted by molar-refractivity contribution is 6.30. The second kappa shape index (κ2) is 23.3. The number of nitrogens with one attached hydrogen (secondary N) is 2. The highest BCUT2D eigenvalue weighted by Gasteiger charge is 2.09. The van der Waals surface area contributed by atoms with Crippen molar-refractivity contribution in [3.8, 4) is 39.9 Å². The lowest BCUT2D eigenvalue weighted by molar-refractivity contribution is 0.0842. The standard InChI is InChI=1S/C18H18FN3O2.C18H17FN2O3.C8H10ClN3O/c1-20-18-7-3-13(10-21-18)17-5-2-12-8-15(4-6-16(12)22-17)24-11-14(23)9-19;1-23-18-7-3-13(10-20-18)17-5-2-12-8-15(4-6-16(12)21-17)24-11-14(22)9-19;9-6-1-2-7(12-5-6)8(13)11-4-3-10/h2-8,10,14,23H,9,11H2,1H3,(H,20,21);2-8,10,14,22H,9,11H2,1H3;1-2,5H,3-4,10H2,(H,11,13)/t2*14-;/m11./s1. The molecule has 0 saturated heterocycles. The molecule has 2 aromatic carbocycles. The summed E-state index contributed by atoms with van der Waals surface area (Å²) in [5.74, 6) is 2.26. The van der Waals surface area contributed by atoms with E-state index in [0.29, 0.717) is 41.2 Å². The molecule has 5 heterocycles. The number of methoxy groups -OCH3 is 1. The van der Waals surface area contributed by atoms with Gasteiger partial charge in [0.15, 0.2) is 0 Å². The topological polar surface area (TPSA) is 200 Å². The van der Waals surface area contributed by atoms with Crippen LogP contribution in [0.3, 0.4) is 0 Å². The third-order valence-corrected chi connectivity index (χ3v) is 8.73. The molecule has 7 rings (SSSR count). The Morgan fingerprint density at radius 3 is 1.75 bits per heavy atom. The number of nitrogens with zero attached hydrogens (tertiary/aromatic N) is 5. The fraction of sp³-hybridized carbons (Fsp3) is 0.227. The van der Waals surface area contributed by atoms with Crippen LogP contribution in [-0.4, -0.2) is 107 Å². The van der Waals surface area contributed by atoms with Crippen molar-refractivity contribution in [2.24, 2.45) is 5.73 Å². The van der Waals surface area contributed by atoms with Crippen LogP contribution < -0.4 is 30.6 Å². The first-order chi connectivity index (χ1) is 29.6. The number of hydrogen-bond acceptors (Lipinski definition) is 13. The summed E-state index contributed by atoms with van der Waals surface area (Å²) in [7, 11) is 3.39. The van der Waals surface area contributed by atoms with E-state index in [-0.39, 0.29) is 19.1 Å². The summed E-state index contributed by atoms with van der Waals surface area (Å²) in [4.78, 5) is 32.8. The van der Waals surface area contributed by atoms with E-state index in [0.717, 1.165) is 50.1 Å². The quantitative estimate of drug-likeness (QED) is 0.0751. The number of aromatic nitrogens is 5. The van der Waals surface area contributed by atoms with Gasteiger partial charge in [-0.2, -0.15) is 0 Å². The zero-order valence-electron chi connectivity index (χ0n) is 33.3. The summed E-state index contributed by atoms with van der Waals surface area (Å²) in [5, 5.41) is 26.3. The third-order valence-electron chi connectivity index (χ3n) is 8.51. The van der Waals surface area contributed by atoms with E-state index in [1.54, 1.807) is 49.8 Å². The fourth-order valence-corrected chi connectivity index (χ4v) is 5.43. The minimum Gasteiger partial charge on any atom is -0.491 e. The molecule has 0 fully saturated rings. The number of hydrogen-bond donors (Lipinski definition) is 5. The first-order valence-corrected chi connectivity index (χ1v) is 19.3. The van der Waals surface area contributed by atoms with E-state index in [9.17, 15) is 23.8 Å². The average Bonchev–Trinajstić information content (AvgIpc) is 3.31. The molecule has 7 aromatic rings. The van der Waals surface area contributed by atoms with Crippen molar-refractivity contribution in [3.63, 3.8) is 0 Å². The summed E-state index contributed by atoms with van der Waals surface area (Å²) in [5.41, 5.74) is 10.7. The number of benzene rings is 2. The number of carbonyl (C=O) groups excluding carboxylic acids is 1. The smallest absolute Gasteiger partial charge is 0.269 e. The number of alkyl halides is 2. The van der Waals surface area contributed by atoms with Gasteiger partial charge in [-0.3, -0.25) is 4.79 Å². The second-order valence-electron chi connectivity index (χ2n) is 13.0. The van der Waals surface area contributed by atoms with Crippen LogP contribution in [0.5, 0.6) is 17.4 Å². The van der Waals surface area contributed by atoms with Gasteiger partial charge in [0.2, 0.25) is 5.88 Å². The molecule has 2 atom stereocenters. The number of carbonyl (C=O) groups is 1. The number of fused-ring (bicyclic) bond motifs is 2. The van der Waals surface area contributed by atoms with Crippen LogP contribution in [0.1, 0.15) is 10.5 Å². The number of ether oxygens (including phenoxy) is 3. The van der Waals surface area contributed by atoms with E-state index in [1.165, 1.54) is 6.20 Å². The lowest BCUT2D eigenvalue weighted by Gasteiger charge is -2.10. The maximum Gasteiger partial charge on any atom is 0.269 e. The van der Waals surface area contributed by atoms with E-state index in [4.69, 9.17) is 31.5 Å². The zero-order valence-corrected chi connectivity index (χ0v) is 34.1. The Morgan fingerprint density at radius 1 is 0.738 bits per heavy atom. The Labute approximate surface area is 355 Å². The van der Waals surface area contributed by atoms with E-state index in [2.05, 4.69) is 35.6 Å². The lowest BCUT2D eigenvalue weighted by Crippen LogP contribution is -2.29. The van der Waals surface area contributed by atoms with E-state index < -0.39 is 25.6 Å². The van der Waals surface area contributed by atoms with Gasteiger partial charge in [0.25, 0.3) is 5.91 Å². The summed E-state index contributed by atoms with van der Waals surface area (Å²) in [6.07, 6.45) is 2.70. The van der Waals surface area contributed by atoms with Crippen molar-refractivity contribution in [3.05, 3.63) is 126 Å². The van der Waals surface area contributed by atoms with Gasteiger partial charge in [-0.05, 0) is 78.9 Å². The van der Waals surface area contributed by atoms with Crippen molar-refractivity contribution in [2.45, 2.75) is 12.2 Å². The molecule has 0 aliphatic heterocycles. The van der Waals surface area contributed by atoms with Crippen LogP contribution in [0.25, 0.3) is 44.3 Å². The number of halogens is 3. The van der Waals surface area contributed by atoms with Gasteiger partial charge in [0.1, 0.15) is 61.8 Å². The van der Waals surface area contributed by atoms with Gasteiger partial charge < -0.3 is 40.8 Å². The molecule has 0 spiro atoms. The van der Waals surface area contributed by atoms with Crippen molar-refractivity contribution < 1.29 is 38.0 Å². The third kappa shape index (κ3) is 13.7. The Kier molecular flexibility index (Phi) is 17.4. The monoisotopic (exact) mass is 854 g/mol. The summed E-state index contributed by atoms with van der Waals surface area (Å²) in [6, 6.07) is 29.2. The van der Waals surface area contributed by atoms with Crippen molar-refractivity contribution >= 4 is 45.1 Å². The van der Waals surface area contributed by atoms with Gasteiger partial charge in [-0.25, -0.2) is 33.7 Å². The number of amides is 1. The van der Waals surface area contributed by atoms with Crippen molar-refractivity contribution in [2.75, 3.05) is 59.1 Å². The van der Waals surface area contributed by atoms with Crippen LogP contribution in [-0.2, 0) is 0 Å². The van der Waals surface area contributed by atoms with Crippen LogP contribution in [0, 0.1) is 0 Å². The number of rotatable bonds is 15. The molecular formula is C44H45ClF2N8O6. The predicted octanol–water partition coefficient (Wildman–Crippen LogP) is 6.49. The number of pyridine rings is 5. The Morgan fingerprint density at radius 2 is 1.31 bits per heavy atom. The SMILES string of the molecule is CNc1ccc(-c2ccc3cc(OC[C@H](O)CF)ccc3n2)cn1.COc1ccc(-c2ccc3cc(OC[C@H](O)CF)ccc3n2)cn1.NCCNC(=O)c1ccc(Cl)cn1. The van der Waals surface area contributed by atoms with Gasteiger partial charge in [-0.15, -0.1) is 0 Å². The molecule has 14 nitrogen and oxygen atoms in total. The fourth-order valence-electron chi connectivity index (χ4n) is 5.31. The Bertz CT molecular complexity index is 2310. The van der Waals surface area contributed by atoms with Crippen LogP contribution in [0.4, 0.5) is 14.6 Å². The molecule has 0 saturated carbocycles. The minimum absolute atomic E-state index is 0.0724. The Hall–Kier alpha value is -6.59. The summed E-state index contributed by atoms with van der Waals surface area (Å²) >= 11 is 5.61. The van der Waals surface area contributed by atoms with E-state index in [1.807, 2.05) is 73.8 Å². The molecule has 17 heteroatoms. The number of aliphatic hydroxyl groups excluding tert-OH is 2. The summed E-state index contributed by atoms with van der Waals surface area (Å²) in [6.45, 7) is -0.933. The molecule has 0 aliphatic carbocycles. The highest BCUT2D eigenvalue weighted by Crippen LogP contribution is 2.26. The summed E-state index contributed by atoms with van der Waals surface area (Å²) < 4.78 is 40.3. The molecule has 0 unspecified atom stereocenters. The number of nitrogens with two attached hydrogens (primary N) is 1. The molecular weight excluding hydrogens is 810 g/mol. The first kappa shape index (κ1) is 45.5. The molecule has 5 aromatic heterocycles. The minimum atomic E-state index is -1.11. The molecule has 0 aliphatic rings. The maximum absolute atomic E-state index is 12.2. The maximum atomic E-state index is 12.2.